The van der Waals surface area contributed by atoms with Crippen molar-refractivity contribution in [3.05, 3.63) is 28.2 Å². The van der Waals surface area contributed by atoms with Gasteiger partial charge in [0.1, 0.15) is 0 Å². The Labute approximate surface area is 61.8 Å². The van der Waals surface area contributed by atoms with Crippen LogP contribution in [-0.4, -0.2) is 10.7 Å². The Morgan fingerprint density at radius 3 is 2.64 bits per heavy atom. The number of furan rings is 1. The van der Waals surface area contributed by atoms with Gasteiger partial charge in [0, 0.05) is 6.92 Å². The maximum Gasteiger partial charge on any atom is 0.307 e. The second kappa shape index (κ2) is 2.53. The molecule has 0 N–H and O–H groups in total. The number of carbonyl (C=O) groups is 1. The smallest absolute Gasteiger partial charge is 0.307 e. The summed E-state index contributed by atoms with van der Waals surface area (Å²) in [6.45, 7) is 1.28. The van der Waals surface area contributed by atoms with Gasteiger partial charge in [0.15, 0.2) is 17.8 Å². The number of rotatable bonds is 2. The summed E-state index contributed by atoms with van der Waals surface area (Å²) < 4.78 is 4.60. The molecule has 5 heteroatoms. The van der Waals surface area contributed by atoms with Gasteiger partial charge in [-0.15, -0.1) is 0 Å². The molecule has 1 heterocycles. The van der Waals surface area contributed by atoms with Crippen LogP contribution in [0.25, 0.3) is 0 Å². The van der Waals surface area contributed by atoms with E-state index in [4.69, 9.17) is 0 Å². The first-order valence-electron chi connectivity index (χ1n) is 2.85. The first-order chi connectivity index (χ1) is 5.11. The first kappa shape index (κ1) is 7.46. The number of Topliss-reactive ketones (excluding diaryl/α,β-unsaturated/α-hetero) is 1. The predicted octanol–water partition coefficient (Wildman–Crippen LogP) is 1.39. The van der Waals surface area contributed by atoms with Crippen LogP contribution in [0.4, 0.5) is 5.69 Å². The Hall–Kier alpha value is -1.65. The largest absolute Gasteiger partial charge is 0.454 e. The van der Waals surface area contributed by atoms with Crippen molar-refractivity contribution < 1.29 is 14.1 Å². The van der Waals surface area contributed by atoms with Gasteiger partial charge in [-0.05, 0) is 0 Å². The van der Waals surface area contributed by atoms with Crippen LogP contribution in [0.5, 0.6) is 0 Å². The number of ketones is 1. The van der Waals surface area contributed by atoms with Crippen LogP contribution in [0.15, 0.2) is 16.7 Å². The Bertz CT molecular complexity index is 273. The normalized spacial score (nSPS) is 9.55. The molecule has 1 aromatic heterocycles. The lowest BCUT2D eigenvalue weighted by molar-refractivity contribution is -0.385. The molecule has 0 radical (unpaired) electrons. The van der Waals surface area contributed by atoms with Gasteiger partial charge in [-0.3, -0.25) is 14.9 Å². The second-order valence-electron chi connectivity index (χ2n) is 1.98. The highest BCUT2D eigenvalue weighted by atomic mass is 16.6. The van der Waals surface area contributed by atoms with Crippen molar-refractivity contribution in [2.75, 3.05) is 0 Å². The van der Waals surface area contributed by atoms with E-state index in [1.165, 1.54) is 6.92 Å². The molecule has 11 heavy (non-hydrogen) atoms. The topological polar surface area (TPSA) is 73.3 Å². The zero-order chi connectivity index (χ0) is 8.43. The fourth-order valence-electron chi connectivity index (χ4n) is 0.607. The highest BCUT2D eigenvalue weighted by Gasteiger charge is 2.13. The van der Waals surface area contributed by atoms with E-state index in [1.807, 2.05) is 0 Å². The Morgan fingerprint density at radius 2 is 2.36 bits per heavy atom. The lowest BCUT2D eigenvalue weighted by Crippen LogP contribution is -1.87. The van der Waals surface area contributed by atoms with Crippen molar-refractivity contribution in [1.82, 2.24) is 0 Å². The maximum atomic E-state index is 10.6. The minimum atomic E-state index is -0.615. The highest BCUT2D eigenvalue weighted by molar-refractivity contribution is 5.91. The standard InChI is InChI=1S/C6H5NO4/c1-4(8)6-2-5(3-11-6)7(9)10/h2-3H,1H3. The van der Waals surface area contributed by atoms with E-state index >= 15 is 0 Å². The fraction of sp³-hybridized carbons (Fsp3) is 0.167. The van der Waals surface area contributed by atoms with Gasteiger partial charge >= 0.3 is 5.69 Å². The predicted molar refractivity (Wildman–Crippen MR) is 35.4 cm³/mol. The van der Waals surface area contributed by atoms with Gasteiger partial charge in [0.25, 0.3) is 0 Å². The zero-order valence-electron chi connectivity index (χ0n) is 5.73. The molecule has 1 rings (SSSR count). The van der Waals surface area contributed by atoms with Crippen LogP contribution < -0.4 is 0 Å². The van der Waals surface area contributed by atoms with Gasteiger partial charge in [0.2, 0.25) is 0 Å². The summed E-state index contributed by atoms with van der Waals surface area (Å²) in [5.41, 5.74) is -0.199. The van der Waals surface area contributed by atoms with E-state index < -0.39 is 4.92 Å². The SMILES string of the molecule is CC(=O)c1cc([N+](=O)[O-])co1. The molecule has 0 aliphatic heterocycles. The minimum Gasteiger partial charge on any atom is -0.454 e. The molecule has 1 aromatic rings. The molecular formula is C6H5NO4. The molecule has 0 spiro atoms. The number of nitro groups is 1. The van der Waals surface area contributed by atoms with Crippen molar-refractivity contribution in [2.45, 2.75) is 6.92 Å². The average molecular weight is 155 g/mol. The van der Waals surface area contributed by atoms with Crippen molar-refractivity contribution in [3.8, 4) is 0 Å². The maximum absolute atomic E-state index is 10.6. The van der Waals surface area contributed by atoms with Crippen LogP contribution in [0, 0.1) is 10.1 Å². The lowest BCUT2D eigenvalue weighted by atomic mass is 10.3. The van der Waals surface area contributed by atoms with Crippen LogP contribution in [0.1, 0.15) is 17.5 Å². The molecule has 0 unspecified atom stereocenters. The van der Waals surface area contributed by atoms with Crippen LogP contribution in [0.2, 0.25) is 0 Å². The molecule has 0 atom stereocenters. The number of hydrogen-bond donors (Lipinski definition) is 0. The fourth-order valence-corrected chi connectivity index (χ4v) is 0.607. The third-order valence-corrected chi connectivity index (χ3v) is 1.14. The summed E-state index contributed by atoms with van der Waals surface area (Å²) in [7, 11) is 0. The average Bonchev–Trinajstić information content (AvgIpc) is 2.33. The van der Waals surface area contributed by atoms with Gasteiger partial charge in [-0.25, -0.2) is 0 Å². The van der Waals surface area contributed by atoms with Crippen molar-refractivity contribution in [1.29, 1.82) is 0 Å². The van der Waals surface area contributed by atoms with E-state index in [1.54, 1.807) is 0 Å². The van der Waals surface area contributed by atoms with Crippen LogP contribution in [-0.2, 0) is 0 Å². The van der Waals surface area contributed by atoms with Gasteiger partial charge in [-0.2, -0.15) is 0 Å². The number of nitrogens with zero attached hydrogens (tertiary/aromatic N) is 1. The summed E-state index contributed by atoms with van der Waals surface area (Å²) >= 11 is 0. The Morgan fingerprint density at radius 1 is 1.73 bits per heavy atom. The quantitative estimate of drug-likeness (QED) is 0.367. The number of hydrogen-bond acceptors (Lipinski definition) is 4. The van der Waals surface area contributed by atoms with Crippen LogP contribution >= 0.6 is 0 Å². The summed E-state index contributed by atoms with van der Waals surface area (Å²) in [6, 6.07) is 1.10. The minimum absolute atomic E-state index is 0.0108. The van der Waals surface area contributed by atoms with E-state index in [0.717, 1.165) is 12.3 Å². The molecule has 0 amide bonds. The van der Waals surface area contributed by atoms with Crippen molar-refractivity contribution >= 4 is 11.5 Å². The van der Waals surface area contributed by atoms with Crippen LogP contribution in [0.3, 0.4) is 0 Å². The third-order valence-electron chi connectivity index (χ3n) is 1.14. The highest BCUT2D eigenvalue weighted by Crippen LogP contribution is 2.15. The summed E-state index contributed by atoms with van der Waals surface area (Å²) in [6.07, 6.45) is 0.941. The van der Waals surface area contributed by atoms with Gasteiger partial charge in [0.05, 0.1) is 11.0 Å². The first-order valence-corrected chi connectivity index (χ1v) is 2.85. The molecule has 5 nitrogen and oxygen atoms in total. The molecule has 0 aliphatic rings. The lowest BCUT2D eigenvalue weighted by Gasteiger charge is -1.79. The molecule has 0 saturated heterocycles. The molecule has 0 fully saturated rings. The molecular weight excluding hydrogens is 150 g/mol. The molecule has 0 aromatic carbocycles. The summed E-state index contributed by atoms with van der Waals surface area (Å²) in [5.74, 6) is -0.310. The van der Waals surface area contributed by atoms with Gasteiger partial charge < -0.3 is 4.42 Å². The third kappa shape index (κ3) is 1.43. The molecule has 0 saturated carbocycles. The van der Waals surface area contributed by atoms with Crippen molar-refractivity contribution in [2.24, 2.45) is 0 Å². The zero-order valence-corrected chi connectivity index (χ0v) is 5.73. The van der Waals surface area contributed by atoms with E-state index in [2.05, 4.69) is 4.42 Å². The van der Waals surface area contributed by atoms with E-state index in [0.29, 0.717) is 0 Å². The molecule has 0 bridgehead atoms. The van der Waals surface area contributed by atoms with E-state index in [-0.39, 0.29) is 17.2 Å². The second-order valence-corrected chi connectivity index (χ2v) is 1.98. The van der Waals surface area contributed by atoms with Gasteiger partial charge in [-0.1, -0.05) is 0 Å². The Balaban J connectivity index is 2.99. The van der Waals surface area contributed by atoms with Crippen molar-refractivity contribution in [3.63, 3.8) is 0 Å². The molecule has 58 valence electrons. The number of carbonyl (C=O) groups excluding carboxylic acids is 1. The summed E-state index contributed by atoms with van der Waals surface area (Å²) in [4.78, 5) is 20.0. The summed E-state index contributed by atoms with van der Waals surface area (Å²) in [5, 5.41) is 10.1. The van der Waals surface area contributed by atoms with E-state index in [9.17, 15) is 14.9 Å². The Kier molecular flexibility index (Phi) is 1.72. The molecule has 0 aliphatic carbocycles. The monoisotopic (exact) mass is 155 g/mol.